The third-order valence-corrected chi connectivity index (χ3v) is 7.66. The van der Waals surface area contributed by atoms with Crippen LogP contribution in [0.1, 0.15) is 17.5 Å². The van der Waals surface area contributed by atoms with Gasteiger partial charge in [0.1, 0.15) is 18.5 Å². The molecule has 6 rings (SSSR count). The van der Waals surface area contributed by atoms with Gasteiger partial charge in [-0.05, 0) is 46.8 Å². The molecule has 184 valence electrons. The van der Waals surface area contributed by atoms with E-state index in [9.17, 15) is 9.18 Å². The first-order valence-electron chi connectivity index (χ1n) is 12.2. The summed E-state index contributed by atoms with van der Waals surface area (Å²) in [5.41, 5.74) is 3.88. The molecule has 0 aliphatic carbocycles. The Hall–Kier alpha value is -3.42. The fraction of sp³-hybridized carbons (Fsp3) is 0.276. The van der Waals surface area contributed by atoms with Crippen LogP contribution in [0.25, 0.3) is 21.2 Å². The Morgan fingerprint density at radius 1 is 1.11 bits per heavy atom. The topological polar surface area (TPSA) is 48.0 Å². The monoisotopic (exact) mass is 503 g/mol. The van der Waals surface area contributed by atoms with Gasteiger partial charge in [0.25, 0.3) is 0 Å². The molecule has 2 aliphatic heterocycles. The number of hydrogen-bond donors (Lipinski definition) is 0. The fourth-order valence-corrected chi connectivity index (χ4v) is 5.79. The average Bonchev–Trinajstić information content (AvgIpc) is 3.50. The number of fused-ring (bicyclic) bond motifs is 2. The third-order valence-electron chi connectivity index (χ3n) is 6.70. The number of carbonyl (C=O) groups is 1. The van der Waals surface area contributed by atoms with E-state index < -0.39 is 0 Å². The normalized spacial score (nSPS) is 17.5. The smallest absolute Gasteiger partial charge is 0.227 e. The second kappa shape index (κ2) is 9.91. The molecular weight excluding hydrogens is 477 g/mol. The minimum absolute atomic E-state index is 0.0175. The summed E-state index contributed by atoms with van der Waals surface area (Å²) in [6.07, 6.45) is 1.03. The lowest BCUT2D eigenvalue weighted by atomic mass is 10.0. The van der Waals surface area contributed by atoms with Crippen molar-refractivity contribution >= 4 is 27.3 Å². The van der Waals surface area contributed by atoms with Crippen LogP contribution in [0, 0.1) is 5.82 Å². The van der Waals surface area contributed by atoms with Crippen molar-refractivity contribution in [2.75, 3.05) is 26.4 Å². The highest BCUT2D eigenvalue weighted by atomic mass is 32.1. The zero-order valence-corrected chi connectivity index (χ0v) is 20.6. The first-order chi connectivity index (χ1) is 17.6. The van der Waals surface area contributed by atoms with Crippen LogP contribution in [-0.2, 0) is 22.5 Å². The van der Waals surface area contributed by atoms with Gasteiger partial charge in [-0.2, -0.15) is 0 Å². The molecule has 3 aromatic carbocycles. The Morgan fingerprint density at radius 2 is 1.97 bits per heavy atom. The van der Waals surface area contributed by atoms with E-state index in [-0.39, 0.29) is 24.2 Å². The number of ether oxygens (including phenoxy) is 3. The van der Waals surface area contributed by atoms with Gasteiger partial charge >= 0.3 is 0 Å². The number of carbonyl (C=O) groups excluding carboxylic acids is 1. The van der Waals surface area contributed by atoms with Gasteiger partial charge in [-0.25, -0.2) is 4.39 Å². The molecule has 1 saturated heterocycles. The molecule has 1 amide bonds. The molecule has 1 atom stereocenters. The molecule has 3 heterocycles. The highest BCUT2D eigenvalue weighted by molar-refractivity contribution is 7.17. The highest BCUT2D eigenvalue weighted by Crippen LogP contribution is 2.42. The summed E-state index contributed by atoms with van der Waals surface area (Å²) < 4.78 is 32.6. The second-order valence-corrected chi connectivity index (χ2v) is 10.1. The van der Waals surface area contributed by atoms with Crippen LogP contribution >= 0.6 is 11.3 Å². The Kier molecular flexibility index (Phi) is 6.34. The summed E-state index contributed by atoms with van der Waals surface area (Å²) in [5, 5.41) is 3.36. The summed E-state index contributed by atoms with van der Waals surface area (Å²) in [6, 6.07) is 18.6. The van der Waals surface area contributed by atoms with Gasteiger partial charge in [-0.3, -0.25) is 4.79 Å². The third kappa shape index (κ3) is 4.68. The molecule has 0 bridgehead atoms. The number of nitrogens with zero attached hydrogens (tertiary/aromatic N) is 1. The molecule has 36 heavy (non-hydrogen) atoms. The number of rotatable bonds is 5. The van der Waals surface area contributed by atoms with Gasteiger partial charge in [-0.15, -0.1) is 11.3 Å². The van der Waals surface area contributed by atoms with E-state index in [4.69, 9.17) is 14.2 Å². The predicted octanol–water partition coefficient (Wildman–Crippen LogP) is 5.84. The molecule has 1 fully saturated rings. The largest absolute Gasteiger partial charge is 0.487 e. The van der Waals surface area contributed by atoms with Gasteiger partial charge in [0.05, 0.1) is 26.2 Å². The molecule has 0 spiro atoms. The molecular formula is C29H26FNO4S. The first-order valence-corrected chi connectivity index (χ1v) is 13.0. The lowest BCUT2D eigenvalue weighted by Gasteiger charge is -2.21. The van der Waals surface area contributed by atoms with Gasteiger partial charge in [0, 0.05) is 34.2 Å². The molecule has 2 aliphatic rings. The number of hydrogen-bond acceptors (Lipinski definition) is 5. The number of amides is 1. The number of benzene rings is 3. The Bertz CT molecular complexity index is 1390. The van der Waals surface area contributed by atoms with Gasteiger partial charge in [-0.1, -0.05) is 30.3 Å². The summed E-state index contributed by atoms with van der Waals surface area (Å²) >= 11 is 1.71. The van der Waals surface area contributed by atoms with Crippen molar-refractivity contribution in [1.29, 1.82) is 0 Å². The van der Waals surface area contributed by atoms with Crippen molar-refractivity contribution in [3.63, 3.8) is 0 Å². The van der Waals surface area contributed by atoms with Crippen LogP contribution in [0.2, 0.25) is 0 Å². The average molecular weight is 504 g/mol. The van der Waals surface area contributed by atoms with Crippen LogP contribution in [0.3, 0.4) is 0 Å². The lowest BCUT2D eigenvalue weighted by molar-refractivity contribution is -0.131. The molecule has 0 N–H and O–H groups in total. The van der Waals surface area contributed by atoms with Crippen molar-refractivity contribution < 1.29 is 23.4 Å². The molecule has 5 nitrogen and oxygen atoms in total. The molecule has 7 heteroatoms. The van der Waals surface area contributed by atoms with Crippen molar-refractivity contribution in [2.24, 2.45) is 0 Å². The quantitative estimate of drug-likeness (QED) is 0.343. The zero-order chi connectivity index (χ0) is 24.5. The van der Waals surface area contributed by atoms with E-state index in [1.54, 1.807) is 23.5 Å². The van der Waals surface area contributed by atoms with E-state index in [0.29, 0.717) is 44.4 Å². The van der Waals surface area contributed by atoms with E-state index in [2.05, 4.69) is 29.6 Å². The minimum atomic E-state index is -0.308. The fourth-order valence-electron chi connectivity index (χ4n) is 4.82. The number of thiophene rings is 1. The van der Waals surface area contributed by atoms with Crippen LogP contribution < -0.4 is 9.47 Å². The van der Waals surface area contributed by atoms with Crippen molar-refractivity contribution in [1.82, 2.24) is 4.90 Å². The summed E-state index contributed by atoms with van der Waals surface area (Å²) in [7, 11) is 0. The van der Waals surface area contributed by atoms with Gasteiger partial charge < -0.3 is 19.1 Å². The number of halogens is 1. The maximum absolute atomic E-state index is 13.3. The van der Waals surface area contributed by atoms with Crippen LogP contribution in [0.4, 0.5) is 4.39 Å². The maximum Gasteiger partial charge on any atom is 0.227 e. The van der Waals surface area contributed by atoms with E-state index in [0.717, 1.165) is 28.7 Å². The van der Waals surface area contributed by atoms with Gasteiger partial charge in [0.2, 0.25) is 5.91 Å². The van der Waals surface area contributed by atoms with Gasteiger partial charge in [0.15, 0.2) is 11.5 Å². The minimum Gasteiger partial charge on any atom is -0.487 e. The second-order valence-electron chi connectivity index (χ2n) is 9.18. The van der Waals surface area contributed by atoms with Crippen LogP contribution in [0.5, 0.6) is 11.5 Å². The van der Waals surface area contributed by atoms with E-state index in [1.807, 2.05) is 17.0 Å². The van der Waals surface area contributed by atoms with E-state index >= 15 is 0 Å². The molecule has 0 saturated carbocycles. The summed E-state index contributed by atoms with van der Waals surface area (Å²) in [5.74, 6) is 1.07. The molecule has 1 aromatic heterocycles. The highest BCUT2D eigenvalue weighted by Gasteiger charge is 2.26. The molecule has 0 radical (unpaired) electrons. The zero-order valence-electron chi connectivity index (χ0n) is 19.7. The van der Waals surface area contributed by atoms with Crippen molar-refractivity contribution in [3.8, 4) is 22.6 Å². The summed E-state index contributed by atoms with van der Waals surface area (Å²) in [6.45, 7) is 2.51. The standard InChI is InChI=1S/C29H26FNO4S/c30-22-7-5-19(6-8-22)13-28(32)31-10-12-34-29-21(16-31)14-20(15-26(29)35-23-9-11-33-17-23)25-18-36-27-4-2-1-3-24(25)27/h1-8,14-15,18,23H,9-13,16-17H2. The Labute approximate surface area is 213 Å². The Balaban J connectivity index is 1.35. The SMILES string of the molecule is O=C(Cc1ccc(F)cc1)N1CCOc2c(cc(-c3csc4ccccc34)cc2OC2CCOC2)C1. The van der Waals surface area contributed by atoms with E-state index in [1.165, 1.54) is 22.2 Å². The maximum atomic E-state index is 13.3. The van der Waals surface area contributed by atoms with Crippen molar-refractivity contribution in [2.45, 2.75) is 25.5 Å². The molecule has 4 aromatic rings. The molecule has 1 unspecified atom stereocenters. The summed E-state index contributed by atoms with van der Waals surface area (Å²) in [4.78, 5) is 15.0. The lowest BCUT2D eigenvalue weighted by Crippen LogP contribution is -2.33. The van der Waals surface area contributed by atoms with Crippen LogP contribution in [0.15, 0.2) is 66.0 Å². The first kappa shape index (κ1) is 23.0. The Morgan fingerprint density at radius 3 is 2.81 bits per heavy atom. The van der Waals surface area contributed by atoms with Crippen LogP contribution in [-0.4, -0.2) is 43.3 Å². The predicted molar refractivity (Wildman–Crippen MR) is 138 cm³/mol. The van der Waals surface area contributed by atoms with Crippen molar-refractivity contribution in [3.05, 3.63) is 83.0 Å².